The van der Waals surface area contributed by atoms with Crippen LogP contribution in [0.3, 0.4) is 0 Å². The van der Waals surface area contributed by atoms with Crippen molar-refractivity contribution in [1.29, 1.82) is 0 Å². The van der Waals surface area contributed by atoms with E-state index in [4.69, 9.17) is 5.73 Å². The van der Waals surface area contributed by atoms with E-state index in [2.05, 4.69) is 10.1 Å². The Kier molecular flexibility index (Phi) is 6.11. The highest BCUT2D eigenvalue weighted by Crippen LogP contribution is 2.18. The zero-order valence-electron chi connectivity index (χ0n) is 11.6. The molecule has 1 atom stereocenters. The third-order valence-corrected chi connectivity index (χ3v) is 2.85. The van der Waals surface area contributed by atoms with Gasteiger partial charge in [0.2, 0.25) is 5.91 Å². The molecule has 0 bridgehead atoms. The summed E-state index contributed by atoms with van der Waals surface area (Å²) >= 11 is 0. The Labute approximate surface area is 117 Å². The van der Waals surface area contributed by atoms with Crippen molar-refractivity contribution in [2.24, 2.45) is 5.73 Å². The van der Waals surface area contributed by atoms with Crippen LogP contribution in [0.25, 0.3) is 0 Å². The maximum Gasteiger partial charge on any atom is 0.339 e. The predicted octanol–water partition coefficient (Wildman–Crippen LogP) is 2.07. The lowest BCUT2D eigenvalue weighted by molar-refractivity contribution is -0.117. The Morgan fingerprint density at radius 3 is 2.75 bits per heavy atom. The monoisotopic (exact) mass is 282 g/mol. The van der Waals surface area contributed by atoms with E-state index in [1.807, 2.05) is 6.92 Å². The summed E-state index contributed by atoms with van der Waals surface area (Å²) in [5.74, 6) is -1.66. The van der Waals surface area contributed by atoms with Crippen molar-refractivity contribution < 1.29 is 18.7 Å². The Morgan fingerprint density at radius 2 is 2.15 bits per heavy atom. The smallest absolute Gasteiger partial charge is 0.339 e. The number of hydrogen-bond acceptors (Lipinski definition) is 4. The molecular weight excluding hydrogens is 263 g/mol. The van der Waals surface area contributed by atoms with Gasteiger partial charge < -0.3 is 15.8 Å². The van der Waals surface area contributed by atoms with E-state index in [-0.39, 0.29) is 11.3 Å². The van der Waals surface area contributed by atoms with Crippen LogP contribution < -0.4 is 11.1 Å². The average Bonchev–Trinajstić information content (AvgIpc) is 2.44. The van der Waals surface area contributed by atoms with Crippen molar-refractivity contribution in [3.63, 3.8) is 0 Å². The van der Waals surface area contributed by atoms with Gasteiger partial charge in [0.25, 0.3) is 0 Å². The molecule has 0 radical (unpaired) electrons. The number of carbonyl (C=O) groups is 2. The number of carbonyl (C=O) groups excluding carboxylic acids is 2. The molecule has 1 aromatic rings. The number of esters is 1. The van der Waals surface area contributed by atoms with Crippen LogP contribution >= 0.6 is 0 Å². The maximum atomic E-state index is 13.2. The van der Waals surface area contributed by atoms with Crippen LogP contribution in [-0.4, -0.2) is 25.0 Å². The van der Waals surface area contributed by atoms with Gasteiger partial charge in [0.15, 0.2) is 0 Å². The number of hydrogen-bond donors (Lipinski definition) is 2. The highest BCUT2D eigenvalue weighted by molar-refractivity contribution is 6.02. The molecule has 0 aliphatic heterocycles. The van der Waals surface area contributed by atoms with Gasteiger partial charge in [0, 0.05) is 0 Å². The van der Waals surface area contributed by atoms with Crippen LogP contribution in [0.1, 0.15) is 36.5 Å². The fourth-order valence-corrected chi connectivity index (χ4v) is 1.69. The molecule has 0 spiro atoms. The number of halogens is 1. The van der Waals surface area contributed by atoms with Gasteiger partial charge in [-0.05, 0) is 24.6 Å². The summed E-state index contributed by atoms with van der Waals surface area (Å²) in [6, 6.07) is 2.76. The lowest BCUT2D eigenvalue weighted by Gasteiger charge is -2.14. The van der Waals surface area contributed by atoms with Crippen LogP contribution in [0.4, 0.5) is 10.1 Å². The molecule has 110 valence electrons. The van der Waals surface area contributed by atoms with Crippen molar-refractivity contribution in [3.05, 3.63) is 29.6 Å². The van der Waals surface area contributed by atoms with Gasteiger partial charge in [0.1, 0.15) is 5.82 Å². The molecule has 0 aliphatic carbocycles. The second-order valence-electron chi connectivity index (χ2n) is 4.42. The highest BCUT2D eigenvalue weighted by atomic mass is 19.1. The molecule has 3 N–H and O–H groups in total. The normalized spacial score (nSPS) is 11.8. The van der Waals surface area contributed by atoms with Crippen molar-refractivity contribution >= 4 is 17.6 Å². The van der Waals surface area contributed by atoms with Crippen LogP contribution in [-0.2, 0) is 9.53 Å². The number of benzene rings is 1. The Morgan fingerprint density at radius 1 is 1.45 bits per heavy atom. The molecule has 1 amide bonds. The second-order valence-corrected chi connectivity index (χ2v) is 4.42. The average molecular weight is 282 g/mol. The van der Waals surface area contributed by atoms with Crippen molar-refractivity contribution in [3.8, 4) is 0 Å². The van der Waals surface area contributed by atoms with Crippen LogP contribution in [0.15, 0.2) is 18.2 Å². The molecule has 1 aromatic carbocycles. The molecule has 0 saturated carbocycles. The first kappa shape index (κ1) is 16.1. The van der Waals surface area contributed by atoms with Gasteiger partial charge in [-0.1, -0.05) is 19.8 Å². The van der Waals surface area contributed by atoms with Crippen LogP contribution in [0.2, 0.25) is 0 Å². The molecule has 6 heteroatoms. The zero-order valence-corrected chi connectivity index (χ0v) is 11.6. The minimum Gasteiger partial charge on any atom is -0.465 e. The predicted molar refractivity (Wildman–Crippen MR) is 73.9 cm³/mol. The number of nitrogens with one attached hydrogen (secondary N) is 1. The van der Waals surface area contributed by atoms with Gasteiger partial charge in [0.05, 0.1) is 24.4 Å². The first-order chi connectivity index (χ1) is 9.49. The van der Waals surface area contributed by atoms with Crippen molar-refractivity contribution in [2.45, 2.75) is 32.2 Å². The minimum absolute atomic E-state index is 0.0637. The molecule has 0 aromatic heterocycles. The topological polar surface area (TPSA) is 81.4 Å². The number of unbranched alkanes of at least 4 members (excludes halogenated alkanes) is 1. The molecule has 5 nitrogen and oxygen atoms in total. The van der Waals surface area contributed by atoms with Gasteiger partial charge >= 0.3 is 5.97 Å². The van der Waals surface area contributed by atoms with Gasteiger partial charge in [-0.25, -0.2) is 9.18 Å². The first-order valence-electron chi connectivity index (χ1n) is 6.44. The van der Waals surface area contributed by atoms with Crippen molar-refractivity contribution in [2.75, 3.05) is 12.4 Å². The van der Waals surface area contributed by atoms with E-state index in [1.165, 1.54) is 13.2 Å². The lowest BCUT2D eigenvalue weighted by atomic mass is 10.1. The van der Waals surface area contributed by atoms with Crippen LogP contribution in [0, 0.1) is 5.82 Å². The summed E-state index contributed by atoms with van der Waals surface area (Å²) in [7, 11) is 1.21. The molecule has 1 unspecified atom stereocenters. The molecule has 0 heterocycles. The summed E-state index contributed by atoms with van der Waals surface area (Å²) in [4.78, 5) is 23.4. The second kappa shape index (κ2) is 7.59. The van der Waals surface area contributed by atoms with Gasteiger partial charge in [-0.2, -0.15) is 0 Å². The van der Waals surface area contributed by atoms with E-state index >= 15 is 0 Å². The SMILES string of the molecule is CCCCC(N)C(=O)Nc1cc(F)ccc1C(=O)OC. The number of amides is 1. The number of nitrogens with two attached hydrogens (primary N) is 1. The molecule has 20 heavy (non-hydrogen) atoms. The molecule has 0 aliphatic rings. The van der Waals surface area contributed by atoms with E-state index in [0.717, 1.165) is 25.0 Å². The Hall–Kier alpha value is -1.95. The number of rotatable bonds is 6. The van der Waals surface area contributed by atoms with Gasteiger partial charge in [-0.3, -0.25) is 4.79 Å². The quantitative estimate of drug-likeness (QED) is 0.783. The van der Waals surface area contributed by atoms with Crippen LogP contribution in [0.5, 0.6) is 0 Å². The third-order valence-electron chi connectivity index (χ3n) is 2.85. The van der Waals surface area contributed by atoms with Gasteiger partial charge in [-0.15, -0.1) is 0 Å². The van der Waals surface area contributed by atoms with E-state index in [0.29, 0.717) is 6.42 Å². The Bertz CT molecular complexity index is 491. The molecule has 0 saturated heterocycles. The molecule has 0 fully saturated rings. The summed E-state index contributed by atoms with van der Waals surface area (Å²) in [6.07, 6.45) is 2.28. The fraction of sp³-hybridized carbons (Fsp3) is 0.429. The fourth-order valence-electron chi connectivity index (χ4n) is 1.69. The van der Waals surface area contributed by atoms with E-state index in [1.54, 1.807) is 0 Å². The molecule has 1 rings (SSSR count). The number of methoxy groups -OCH3 is 1. The van der Waals surface area contributed by atoms with Crippen molar-refractivity contribution in [1.82, 2.24) is 0 Å². The summed E-state index contributed by atoms with van der Waals surface area (Å²) in [6.45, 7) is 1.99. The maximum absolute atomic E-state index is 13.2. The number of anilines is 1. The Balaban J connectivity index is 2.87. The first-order valence-corrected chi connectivity index (χ1v) is 6.44. The summed E-state index contributed by atoms with van der Waals surface area (Å²) in [5, 5.41) is 2.47. The third kappa shape index (κ3) is 4.31. The zero-order chi connectivity index (χ0) is 15.1. The largest absolute Gasteiger partial charge is 0.465 e. The van der Waals surface area contributed by atoms with E-state index < -0.39 is 23.7 Å². The summed E-state index contributed by atoms with van der Waals surface area (Å²) < 4.78 is 17.8. The highest BCUT2D eigenvalue weighted by Gasteiger charge is 2.18. The standard InChI is InChI=1S/C14H19FN2O3/c1-3-4-5-11(16)13(18)17-12-8-9(15)6-7-10(12)14(19)20-2/h6-8,11H,3-5,16H2,1-2H3,(H,17,18). The number of ether oxygens (including phenoxy) is 1. The lowest BCUT2D eigenvalue weighted by Crippen LogP contribution is -2.35. The minimum atomic E-state index is -0.691. The summed E-state index contributed by atoms with van der Waals surface area (Å²) in [5.41, 5.74) is 5.88. The van der Waals surface area contributed by atoms with E-state index in [9.17, 15) is 14.0 Å². The molecular formula is C14H19FN2O3.